The van der Waals surface area contributed by atoms with Gasteiger partial charge in [-0.25, -0.2) is 0 Å². The van der Waals surface area contributed by atoms with E-state index in [1.165, 1.54) is 15.9 Å². The van der Waals surface area contributed by atoms with Crippen LogP contribution in [0.15, 0.2) is 91.0 Å². The smallest absolute Gasteiger partial charge is 0.106 e. The molecule has 0 N–H and O–H groups in total. The van der Waals surface area contributed by atoms with Gasteiger partial charge < -0.3 is 19.2 Å². The fourth-order valence-corrected chi connectivity index (χ4v) is 4.48. The van der Waals surface area contributed by atoms with Crippen LogP contribution < -0.4 is 15.9 Å². The van der Waals surface area contributed by atoms with Crippen molar-refractivity contribution >= 4 is 51.0 Å². The number of rotatable bonds is 3. The van der Waals surface area contributed by atoms with Crippen LogP contribution in [0.4, 0.5) is 0 Å². The average molecular weight is 441 g/mol. The molecule has 0 heterocycles. The molecule has 0 unspecified atom stereocenters. The topological polar surface area (TPSA) is 68.3 Å². The molecule has 28 heavy (non-hydrogen) atoms. The molecule has 0 aromatic heterocycles. The van der Waals surface area contributed by atoms with E-state index >= 15 is 0 Å². The molecule has 3 aromatic carbocycles. The second kappa shape index (κ2) is 22.3. The summed E-state index contributed by atoms with van der Waals surface area (Å²) < 4.78 is 0. The van der Waals surface area contributed by atoms with Crippen molar-refractivity contribution in [3.05, 3.63) is 91.0 Å². The van der Waals surface area contributed by atoms with E-state index in [2.05, 4.69) is 91.0 Å². The third-order valence-electron chi connectivity index (χ3n) is 3.04. The minimum atomic E-state index is -0.446. The van der Waals surface area contributed by atoms with Gasteiger partial charge in [0.25, 0.3) is 0 Å². The molecule has 0 fully saturated rings. The van der Waals surface area contributed by atoms with Gasteiger partial charge in [-0.2, -0.15) is 0 Å². The fraction of sp³-hybridized carbons (Fsp3) is 0. The Hall–Kier alpha value is -2.72. The van der Waals surface area contributed by atoms with Crippen LogP contribution in [0.1, 0.15) is 0 Å². The summed E-state index contributed by atoms with van der Waals surface area (Å²) in [4.78, 5) is 32.0. The fourth-order valence-electron chi connectivity index (χ4n) is 2.18. The molecule has 3 aromatic rings. The van der Waals surface area contributed by atoms with Crippen molar-refractivity contribution in [3.63, 3.8) is 0 Å². The Labute approximate surface area is 177 Å². The van der Waals surface area contributed by atoms with Crippen LogP contribution in [0, 0.1) is 0 Å². The van der Waals surface area contributed by atoms with Gasteiger partial charge >= 0.3 is 0 Å². The molecular weight excluding hydrogens is 418 g/mol. The Bertz CT molecular complexity index is 598. The Morgan fingerprint density at radius 2 is 0.571 bits per heavy atom. The third-order valence-corrected chi connectivity index (χ3v) is 5.49. The number of hydrogen-bond acceptors (Lipinski definition) is 4. The van der Waals surface area contributed by atoms with Crippen LogP contribution in [-0.2, 0) is 36.0 Å². The minimum Gasteiger partial charge on any atom is -0.307 e. The second-order valence-electron chi connectivity index (χ2n) is 4.34. The van der Waals surface area contributed by atoms with E-state index in [9.17, 15) is 0 Å². The number of hydrogen-bond donors (Lipinski definition) is 0. The monoisotopic (exact) mass is 441 g/mol. The number of benzene rings is 3. The zero-order valence-corrected chi connectivity index (χ0v) is 17.3. The first-order chi connectivity index (χ1) is 13.4. The summed E-state index contributed by atoms with van der Waals surface area (Å²) in [6.45, 7) is 8.00. The molecular formula is C22H23CoO4P. The van der Waals surface area contributed by atoms with Crippen molar-refractivity contribution in [3.8, 4) is 0 Å². The van der Waals surface area contributed by atoms with Gasteiger partial charge in [0.05, 0.1) is 0 Å². The number of carbonyl (C=O) groups is 4. The summed E-state index contributed by atoms with van der Waals surface area (Å²) in [5.41, 5.74) is 0. The van der Waals surface area contributed by atoms with E-state index in [-0.39, 0.29) is 16.8 Å². The van der Waals surface area contributed by atoms with Crippen LogP contribution in [0.5, 0.6) is 0 Å². The van der Waals surface area contributed by atoms with Crippen molar-refractivity contribution in [2.24, 2.45) is 0 Å². The Balaban J connectivity index is -0.000000622. The van der Waals surface area contributed by atoms with Crippen molar-refractivity contribution in [2.75, 3.05) is 0 Å². The summed E-state index contributed by atoms with van der Waals surface area (Å²) in [5, 5.41) is 4.19. The largest absolute Gasteiger partial charge is 0.307 e. The predicted molar refractivity (Wildman–Crippen MR) is 114 cm³/mol. The molecule has 4 nitrogen and oxygen atoms in total. The maximum atomic E-state index is 8.00. The summed E-state index contributed by atoms with van der Waals surface area (Å²) in [6.07, 6.45) is 0. The zero-order valence-electron chi connectivity index (χ0n) is 15.4. The quantitative estimate of drug-likeness (QED) is 0.587. The molecule has 0 aliphatic heterocycles. The molecule has 0 aliphatic rings. The Kier molecular flexibility index (Phi) is 23.9. The van der Waals surface area contributed by atoms with E-state index < -0.39 is 7.92 Å². The van der Waals surface area contributed by atoms with Crippen molar-refractivity contribution in [1.29, 1.82) is 0 Å². The zero-order chi connectivity index (χ0) is 20.9. The molecule has 3 rings (SSSR count). The van der Waals surface area contributed by atoms with E-state index in [1.807, 2.05) is 27.2 Å². The standard InChI is InChI=1S/C18H15P.4CH2O.Co/c1-4-10-16(11-5-1)19(17-12-6-2-7-13-17)18-14-8-3-9-15-18;4*1-2;/h1-15H;4*1H2;. The van der Waals surface area contributed by atoms with E-state index in [1.54, 1.807) is 0 Å². The maximum absolute atomic E-state index is 8.00. The minimum absolute atomic E-state index is 0. The van der Waals surface area contributed by atoms with Crippen molar-refractivity contribution in [1.82, 2.24) is 0 Å². The number of carbonyl (C=O) groups excluding carboxylic acids is 4. The normalized spacial score (nSPS) is 7.75. The van der Waals surface area contributed by atoms with Crippen LogP contribution in [0.2, 0.25) is 0 Å². The molecule has 0 saturated heterocycles. The van der Waals surface area contributed by atoms with Gasteiger partial charge in [-0.15, -0.1) is 0 Å². The summed E-state index contributed by atoms with van der Waals surface area (Å²) >= 11 is 0. The molecule has 0 amide bonds. The maximum Gasteiger partial charge on any atom is 0.106 e. The van der Waals surface area contributed by atoms with Gasteiger partial charge in [-0.05, 0) is 23.8 Å². The SMILES string of the molecule is C=O.C=O.C=O.C=O.[Co].c1ccc(P(c2ccccc2)c2ccccc2)cc1. The molecule has 0 bridgehead atoms. The summed E-state index contributed by atoms with van der Waals surface area (Å²) in [7, 11) is -0.446. The van der Waals surface area contributed by atoms with Gasteiger partial charge in [0.2, 0.25) is 0 Å². The van der Waals surface area contributed by atoms with Gasteiger partial charge in [0, 0.05) is 16.8 Å². The van der Waals surface area contributed by atoms with Crippen LogP contribution >= 0.6 is 7.92 Å². The third kappa shape index (κ3) is 10.4. The van der Waals surface area contributed by atoms with Crippen LogP contribution in [0.25, 0.3) is 0 Å². The van der Waals surface area contributed by atoms with E-state index in [4.69, 9.17) is 19.2 Å². The molecule has 149 valence electrons. The van der Waals surface area contributed by atoms with Gasteiger partial charge in [-0.1, -0.05) is 91.0 Å². The second-order valence-corrected chi connectivity index (χ2v) is 6.56. The first-order valence-electron chi connectivity index (χ1n) is 7.56. The van der Waals surface area contributed by atoms with Crippen LogP contribution in [-0.4, -0.2) is 27.2 Å². The van der Waals surface area contributed by atoms with Gasteiger partial charge in [-0.3, -0.25) is 0 Å². The van der Waals surface area contributed by atoms with Gasteiger partial charge in [0.1, 0.15) is 27.2 Å². The van der Waals surface area contributed by atoms with Crippen LogP contribution in [0.3, 0.4) is 0 Å². The van der Waals surface area contributed by atoms with E-state index in [0.717, 1.165) is 0 Å². The molecule has 0 saturated carbocycles. The predicted octanol–water partition coefficient (Wildman–Crippen LogP) is 2.70. The molecule has 6 heteroatoms. The summed E-state index contributed by atoms with van der Waals surface area (Å²) in [6, 6.07) is 32.3. The first kappa shape index (κ1) is 30.0. The Morgan fingerprint density at radius 1 is 0.393 bits per heavy atom. The first-order valence-corrected chi connectivity index (χ1v) is 8.90. The molecule has 1 radical (unpaired) electrons. The van der Waals surface area contributed by atoms with Crippen molar-refractivity contribution < 1.29 is 36.0 Å². The molecule has 0 spiro atoms. The summed E-state index contributed by atoms with van der Waals surface area (Å²) in [5.74, 6) is 0. The van der Waals surface area contributed by atoms with E-state index in [0.29, 0.717) is 0 Å². The average Bonchev–Trinajstić information content (AvgIpc) is 2.82. The molecule has 0 aliphatic carbocycles. The van der Waals surface area contributed by atoms with Crippen molar-refractivity contribution in [2.45, 2.75) is 0 Å². The Morgan fingerprint density at radius 3 is 0.750 bits per heavy atom. The molecule has 0 atom stereocenters. The van der Waals surface area contributed by atoms with Gasteiger partial charge in [0.15, 0.2) is 0 Å².